The summed E-state index contributed by atoms with van der Waals surface area (Å²) in [5, 5.41) is 15.2. The average molecular weight is 501 g/mol. The van der Waals surface area contributed by atoms with E-state index in [1.165, 1.54) is 0 Å². The maximum Gasteiger partial charge on any atom is 0.365 e. The Hall–Kier alpha value is -4.43. The minimum Gasteiger partial charge on any atom is -0.497 e. The zero-order chi connectivity index (χ0) is 26.7. The Morgan fingerprint density at radius 1 is 0.946 bits per heavy atom. The number of carbonyl (C=O) groups excluding carboxylic acids is 3. The van der Waals surface area contributed by atoms with E-state index in [0.29, 0.717) is 17.0 Å². The third-order valence-corrected chi connectivity index (χ3v) is 5.89. The monoisotopic (exact) mass is 500 g/mol. The maximum absolute atomic E-state index is 13.6. The molecule has 0 aliphatic carbocycles. The van der Waals surface area contributed by atoms with Crippen LogP contribution >= 0.6 is 0 Å². The summed E-state index contributed by atoms with van der Waals surface area (Å²) in [5.74, 6) is -2.59. The molecule has 3 aromatic rings. The van der Waals surface area contributed by atoms with E-state index in [9.17, 15) is 19.5 Å². The van der Waals surface area contributed by atoms with Crippen molar-refractivity contribution in [1.82, 2.24) is 0 Å². The van der Waals surface area contributed by atoms with Gasteiger partial charge in [-0.25, -0.2) is 4.79 Å². The lowest BCUT2D eigenvalue weighted by Gasteiger charge is -2.33. The molecule has 8 nitrogen and oxygen atoms in total. The molecule has 3 aromatic carbocycles. The fourth-order valence-electron chi connectivity index (χ4n) is 4.10. The molecule has 0 aromatic heterocycles. The lowest BCUT2D eigenvalue weighted by atomic mass is 9.95. The Balaban J connectivity index is 1.99. The van der Waals surface area contributed by atoms with E-state index in [4.69, 9.17) is 9.47 Å². The molecule has 0 spiro atoms. The third-order valence-electron chi connectivity index (χ3n) is 5.89. The number of benzene rings is 3. The molecule has 1 heterocycles. The van der Waals surface area contributed by atoms with Crippen molar-refractivity contribution in [3.05, 3.63) is 95.6 Å². The first-order chi connectivity index (χ1) is 17.7. The summed E-state index contributed by atoms with van der Waals surface area (Å²) >= 11 is 0. The fourth-order valence-corrected chi connectivity index (χ4v) is 4.10. The fraction of sp³-hybridized carbons (Fsp3) is 0.207. The minimum atomic E-state index is -2.72. The van der Waals surface area contributed by atoms with E-state index in [-0.39, 0.29) is 11.4 Å². The molecule has 0 radical (unpaired) electrons. The van der Waals surface area contributed by atoms with E-state index in [1.807, 2.05) is 6.92 Å². The van der Waals surface area contributed by atoms with Gasteiger partial charge in [0.15, 0.2) is 0 Å². The first-order valence-electron chi connectivity index (χ1n) is 11.8. The van der Waals surface area contributed by atoms with E-state index >= 15 is 0 Å². The first-order valence-corrected chi connectivity index (χ1v) is 11.8. The summed E-state index contributed by atoms with van der Waals surface area (Å²) in [6.45, 7) is 5.10. The number of aliphatic hydroxyl groups is 1. The summed E-state index contributed by atoms with van der Waals surface area (Å²) in [5.41, 5.74) is -0.946. The summed E-state index contributed by atoms with van der Waals surface area (Å²) in [7, 11) is 1.54. The van der Waals surface area contributed by atoms with Crippen molar-refractivity contribution in [1.29, 1.82) is 0 Å². The summed E-state index contributed by atoms with van der Waals surface area (Å²) < 4.78 is 10.6. The van der Waals surface area contributed by atoms with E-state index in [1.54, 1.807) is 99.8 Å². The molecule has 4 rings (SSSR count). The quantitative estimate of drug-likeness (QED) is 0.286. The van der Waals surface area contributed by atoms with E-state index in [0.717, 1.165) is 10.5 Å². The van der Waals surface area contributed by atoms with Crippen LogP contribution in [0.3, 0.4) is 0 Å². The van der Waals surface area contributed by atoms with Crippen LogP contribution < -0.4 is 15.0 Å². The smallest absolute Gasteiger partial charge is 0.365 e. The number of amides is 1. The number of Topliss-reactive ketones (excluding diaryl/α,β-unsaturated/α-hetero) is 1. The van der Waals surface area contributed by atoms with Gasteiger partial charge in [-0.2, -0.15) is 0 Å². The van der Waals surface area contributed by atoms with E-state index in [2.05, 4.69) is 5.32 Å². The zero-order valence-corrected chi connectivity index (χ0v) is 21.0. The van der Waals surface area contributed by atoms with Crippen LogP contribution in [0.4, 0.5) is 11.4 Å². The predicted molar refractivity (Wildman–Crippen MR) is 140 cm³/mol. The molecular formula is C29H28N2O6. The SMILES string of the molecule is COc1ccc(N/C(=C2\C(=O)C(=O)N(c3ccc(C)cc3)C2(O)C(=O)OC(C)C)c2ccccc2)cc1. The van der Waals surface area contributed by atoms with Gasteiger partial charge in [0.1, 0.15) is 5.75 Å². The number of aryl methyl sites for hydroxylation is 1. The van der Waals surface area contributed by atoms with Crippen LogP contribution in [0, 0.1) is 6.92 Å². The number of nitrogens with one attached hydrogen (secondary N) is 1. The average Bonchev–Trinajstić information content (AvgIpc) is 3.09. The first kappa shape index (κ1) is 25.7. The van der Waals surface area contributed by atoms with Crippen LogP contribution in [-0.2, 0) is 19.1 Å². The van der Waals surface area contributed by atoms with E-state index < -0.39 is 35.1 Å². The van der Waals surface area contributed by atoms with Gasteiger partial charge in [-0.05, 0) is 62.7 Å². The standard InChI is InChI=1S/C29H28N2O6/c1-18(2)37-28(34)29(35)24(26(32)27(33)31(29)22-14-10-19(3)11-15-22)25(20-8-6-5-7-9-20)30-21-12-16-23(36-4)17-13-21/h5-18,30,35H,1-4H3/b25-24+. The molecule has 8 heteroatoms. The molecule has 0 saturated carbocycles. The van der Waals surface area contributed by atoms with Gasteiger partial charge in [-0.15, -0.1) is 0 Å². The number of nitrogens with zero attached hydrogens (tertiary/aromatic N) is 1. The Labute approximate surface area is 215 Å². The molecule has 0 bridgehead atoms. The zero-order valence-electron chi connectivity index (χ0n) is 21.0. The van der Waals surface area contributed by atoms with Gasteiger partial charge in [0.2, 0.25) is 0 Å². The number of hydrogen-bond donors (Lipinski definition) is 2. The van der Waals surface area contributed by atoms with Crippen molar-refractivity contribution in [2.45, 2.75) is 32.6 Å². The van der Waals surface area contributed by atoms with Crippen molar-refractivity contribution in [2.75, 3.05) is 17.3 Å². The summed E-state index contributed by atoms with van der Waals surface area (Å²) in [6.07, 6.45) is -0.613. The number of anilines is 2. The van der Waals surface area contributed by atoms with Crippen molar-refractivity contribution in [3.8, 4) is 5.75 Å². The maximum atomic E-state index is 13.6. The van der Waals surface area contributed by atoms with Crippen molar-refractivity contribution in [2.24, 2.45) is 0 Å². The topological polar surface area (TPSA) is 105 Å². The molecule has 1 saturated heterocycles. The van der Waals surface area contributed by atoms with Crippen LogP contribution in [-0.4, -0.2) is 41.7 Å². The number of methoxy groups -OCH3 is 1. The number of hydrogen-bond acceptors (Lipinski definition) is 7. The lowest BCUT2D eigenvalue weighted by Crippen LogP contribution is -2.55. The second-order valence-corrected chi connectivity index (χ2v) is 8.90. The van der Waals surface area contributed by atoms with Crippen molar-refractivity contribution < 1.29 is 29.0 Å². The van der Waals surface area contributed by atoms with Crippen LogP contribution in [0.1, 0.15) is 25.0 Å². The van der Waals surface area contributed by atoms with Gasteiger partial charge in [0, 0.05) is 11.4 Å². The second-order valence-electron chi connectivity index (χ2n) is 8.90. The molecular weight excluding hydrogens is 472 g/mol. The number of carbonyl (C=O) groups is 3. The molecule has 1 aliphatic rings. The summed E-state index contributed by atoms with van der Waals surface area (Å²) in [6, 6.07) is 22.1. The molecule has 1 aliphatic heterocycles. The molecule has 1 fully saturated rings. The minimum absolute atomic E-state index is 0.0990. The van der Waals surface area contributed by atoms with Gasteiger partial charge in [0.05, 0.1) is 24.5 Å². The number of ether oxygens (including phenoxy) is 2. The molecule has 190 valence electrons. The number of ketones is 1. The largest absolute Gasteiger partial charge is 0.497 e. The third kappa shape index (κ3) is 4.83. The van der Waals surface area contributed by atoms with Crippen molar-refractivity contribution >= 4 is 34.7 Å². The molecule has 1 unspecified atom stereocenters. The Morgan fingerprint density at radius 3 is 2.14 bits per heavy atom. The van der Waals surface area contributed by atoms with Gasteiger partial charge in [-0.1, -0.05) is 48.0 Å². The van der Waals surface area contributed by atoms with Crippen LogP contribution in [0.5, 0.6) is 5.75 Å². The molecule has 1 amide bonds. The molecule has 2 N–H and O–H groups in total. The molecule has 37 heavy (non-hydrogen) atoms. The van der Waals surface area contributed by atoms with Crippen LogP contribution in [0.25, 0.3) is 5.70 Å². The summed E-state index contributed by atoms with van der Waals surface area (Å²) in [4.78, 5) is 41.3. The Morgan fingerprint density at radius 2 is 1.57 bits per heavy atom. The highest BCUT2D eigenvalue weighted by Gasteiger charge is 2.62. The van der Waals surface area contributed by atoms with Gasteiger partial charge >= 0.3 is 11.9 Å². The highest BCUT2D eigenvalue weighted by molar-refractivity contribution is 6.54. The molecule has 1 atom stereocenters. The number of esters is 1. The highest BCUT2D eigenvalue weighted by atomic mass is 16.6. The Kier molecular flexibility index (Phi) is 7.13. The van der Waals surface area contributed by atoms with Gasteiger partial charge < -0.3 is 19.9 Å². The second kappa shape index (κ2) is 10.3. The lowest BCUT2D eigenvalue weighted by molar-refractivity contribution is -0.165. The predicted octanol–water partition coefficient (Wildman–Crippen LogP) is 4.08. The highest BCUT2D eigenvalue weighted by Crippen LogP contribution is 2.41. The van der Waals surface area contributed by atoms with Crippen LogP contribution in [0.15, 0.2) is 84.4 Å². The van der Waals surface area contributed by atoms with Crippen molar-refractivity contribution in [3.63, 3.8) is 0 Å². The van der Waals surface area contributed by atoms with Gasteiger partial charge in [0.25, 0.3) is 11.5 Å². The van der Waals surface area contributed by atoms with Crippen LogP contribution in [0.2, 0.25) is 0 Å². The van der Waals surface area contributed by atoms with Gasteiger partial charge in [-0.3, -0.25) is 14.5 Å². The Bertz CT molecular complexity index is 1350. The number of rotatable bonds is 7. The normalized spacial score (nSPS) is 18.7.